The smallest absolute Gasteiger partial charge is 0.317 e. The molecule has 1 saturated heterocycles. The van der Waals surface area contributed by atoms with Crippen molar-refractivity contribution >= 4 is 11.5 Å². The van der Waals surface area contributed by atoms with Gasteiger partial charge in [-0.15, -0.1) is 5.10 Å². The highest BCUT2D eigenvalue weighted by Gasteiger charge is 2.29. The number of urea groups is 1. The van der Waals surface area contributed by atoms with Crippen molar-refractivity contribution < 1.29 is 4.79 Å². The first-order valence-corrected chi connectivity index (χ1v) is 8.11. The first-order valence-electron chi connectivity index (χ1n) is 8.11. The van der Waals surface area contributed by atoms with Crippen molar-refractivity contribution in [1.29, 1.82) is 0 Å². The van der Waals surface area contributed by atoms with Gasteiger partial charge in [-0.1, -0.05) is 11.3 Å². The van der Waals surface area contributed by atoms with Crippen LogP contribution in [-0.4, -0.2) is 48.1 Å². The Morgan fingerprint density at radius 3 is 3.17 bits per heavy atom. The lowest BCUT2D eigenvalue weighted by Gasteiger charge is -2.24. The van der Waals surface area contributed by atoms with Gasteiger partial charge in [0.2, 0.25) is 0 Å². The van der Waals surface area contributed by atoms with Crippen LogP contribution in [0.2, 0.25) is 0 Å². The molecule has 124 valence electrons. The fraction of sp³-hybridized carbons (Fsp3) is 0.375. The van der Waals surface area contributed by atoms with E-state index in [9.17, 15) is 4.79 Å². The number of fused-ring (bicyclic) bond motifs is 1. The van der Waals surface area contributed by atoms with Crippen LogP contribution < -0.4 is 5.32 Å². The molecule has 1 aliphatic rings. The Morgan fingerprint density at radius 2 is 2.29 bits per heavy atom. The van der Waals surface area contributed by atoms with Gasteiger partial charge < -0.3 is 10.2 Å². The zero-order valence-corrected chi connectivity index (χ0v) is 13.2. The number of hydrogen-bond acceptors (Lipinski definition) is 4. The summed E-state index contributed by atoms with van der Waals surface area (Å²) in [6.45, 7) is 1.93. The van der Waals surface area contributed by atoms with E-state index in [1.54, 1.807) is 17.1 Å². The van der Waals surface area contributed by atoms with Crippen molar-refractivity contribution in [2.45, 2.75) is 32.0 Å². The third kappa shape index (κ3) is 2.82. The van der Waals surface area contributed by atoms with Crippen LogP contribution >= 0.6 is 0 Å². The number of carbonyl (C=O) groups excluding carboxylic acids is 1. The van der Waals surface area contributed by atoms with E-state index < -0.39 is 0 Å². The van der Waals surface area contributed by atoms with E-state index in [1.165, 1.54) is 0 Å². The SMILES string of the molecule is O=C(NCc1cnn2ccccc12)N1CCC[C@H]1Cn1ccnn1. The number of nitrogens with one attached hydrogen (secondary N) is 1. The molecule has 8 nitrogen and oxygen atoms in total. The molecule has 2 amide bonds. The van der Waals surface area contributed by atoms with Crippen molar-refractivity contribution in [3.63, 3.8) is 0 Å². The Morgan fingerprint density at radius 1 is 1.33 bits per heavy atom. The zero-order chi connectivity index (χ0) is 16.4. The summed E-state index contributed by atoms with van der Waals surface area (Å²) in [6, 6.07) is 6.03. The molecule has 0 spiro atoms. The second-order valence-electron chi connectivity index (χ2n) is 5.97. The maximum atomic E-state index is 12.6. The molecule has 0 aromatic carbocycles. The maximum Gasteiger partial charge on any atom is 0.317 e. The average Bonchev–Trinajstić information content (AvgIpc) is 3.34. The van der Waals surface area contributed by atoms with Crippen molar-refractivity contribution in [2.75, 3.05) is 6.54 Å². The van der Waals surface area contributed by atoms with Crippen LogP contribution in [0.3, 0.4) is 0 Å². The molecule has 4 rings (SSSR count). The van der Waals surface area contributed by atoms with Crippen LogP contribution in [0.5, 0.6) is 0 Å². The van der Waals surface area contributed by atoms with Gasteiger partial charge in [0.1, 0.15) is 0 Å². The molecule has 0 aliphatic carbocycles. The molecule has 0 bridgehead atoms. The summed E-state index contributed by atoms with van der Waals surface area (Å²) in [4.78, 5) is 14.5. The van der Waals surface area contributed by atoms with E-state index in [0.29, 0.717) is 13.1 Å². The first-order chi connectivity index (χ1) is 11.8. The van der Waals surface area contributed by atoms with E-state index >= 15 is 0 Å². The molecule has 0 unspecified atom stereocenters. The molecule has 4 heterocycles. The molecule has 1 aliphatic heterocycles. The van der Waals surface area contributed by atoms with Gasteiger partial charge in [0.05, 0.1) is 30.5 Å². The van der Waals surface area contributed by atoms with Gasteiger partial charge in [0.25, 0.3) is 0 Å². The normalized spacial score (nSPS) is 17.5. The van der Waals surface area contributed by atoms with Crippen LogP contribution in [0.15, 0.2) is 43.0 Å². The highest BCUT2D eigenvalue weighted by molar-refractivity contribution is 5.75. The molecule has 1 fully saturated rings. The minimum atomic E-state index is -0.0344. The predicted octanol–water partition coefficient (Wildman–Crippen LogP) is 1.30. The van der Waals surface area contributed by atoms with E-state index in [-0.39, 0.29) is 12.1 Å². The van der Waals surface area contributed by atoms with Gasteiger partial charge in [-0.2, -0.15) is 5.10 Å². The Hall–Kier alpha value is -2.90. The molecule has 3 aromatic rings. The van der Waals surface area contributed by atoms with Gasteiger partial charge in [-0.25, -0.2) is 9.31 Å². The molecule has 8 heteroatoms. The van der Waals surface area contributed by atoms with Crippen molar-refractivity contribution in [3.05, 3.63) is 48.5 Å². The van der Waals surface area contributed by atoms with E-state index in [2.05, 4.69) is 20.7 Å². The van der Waals surface area contributed by atoms with Crippen molar-refractivity contribution in [3.8, 4) is 0 Å². The quantitative estimate of drug-likeness (QED) is 0.784. The van der Waals surface area contributed by atoms with Gasteiger partial charge in [-0.3, -0.25) is 4.68 Å². The average molecular weight is 325 g/mol. The highest BCUT2D eigenvalue weighted by atomic mass is 16.2. The molecule has 24 heavy (non-hydrogen) atoms. The number of pyridine rings is 1. The number of nitrogens with zero attached hydrogens (tertiary/aromatic N) is 6. The van der Waals surface area contributed by atoms with Crippen LogP contribution in [0.1, 0.15) is 18.4 Å². The number of likely N-dealkylation sites (tertiary alicyclic amines) is 1. The second kappa shape index (κ2) is 6.31. The van der Waals surface area contributed by atoms with Crippen LogP contribution in [0.4, 0.5) is 4.79 Å². The summed E-state index contributed by atoms with van der Waals surface area (Å²) in [6.07, 6.45) is 9.19. The second-order valence-corrected chi connectivity index (χ2v) is 5.97. The van der Waals surface area contributed by atoms with E-state index in [0.717, 1.165) is 30.5 Å². The molecule has 1 atom stereocenters. The van der Waals surface area contributed by atoms with Gasteiger partial charge in [0.15, 0.2) is 0 Å². The molecule has 1 N–H and O–H groups in total. The summed E-state index contributed by atoms with van der Waals surface area (Å²) in [5.41, 5.74) is 2.02. The van der Waals surface area contributed by atoms with Gasteiger partial charge in [-0.05, 0) is 25.0 Å². The number of aromatic nitrogens is 5. The van der Waals surface area contributed by atoms with Crippen LogP contribution in [0, 0.1) is 0 Å². The Labute approximate surface area is 139 Å². The maximum absolute atomic E-state index is 12.6. The van der Waals surface area contributed by atoms with E-state index in [4.69, 9.17) is 0 Å². The third-order valence-electron chi connectivity index (χ3n) is 4.44. The molecular weight excluding hydrogens is 306 g/mol. The van der Waals surface area contributed by atoms with Crippen LogP contribution in [0.25, 0.3) is 5.52 Å². The summed E-state index contributed by atoms with van der Waals surface area (Å²) >= 11 is 0. The predicted molar refractivity (Wildman–Crippen MR) is 87.2 cm³/mol. The summed E-state index contributed by atoms with van der Waals surface area (Å²) in [5.74, 6) is 0. The standard InChI is InChI=1S/C16H19N7O/c24-16(17-10-13-11-19-23-8-2-1-5-15(13)23)22-7-3-4-14(22)12-21-9-6-18-20-21/h1-2,5-6,8-9,11,14H,3-4,7,10,12H2,(H,17,24)/t14-/m0/s1. The van der Waals surface area contributed by atoms with Gasteiger partial charge in [0, 0.05) is 31.0 Å². The lowest BCUT2D eigenvalue weighted by molar-refractivity contribution is 0.185. The number of hydrogen-bond donors (Lipinski definition) is 1. The largest absolute Gasteiger partial charge is 0.334 e. The first kappa shape index (κ1) is 14.7. The fourth-order valence-electron chi connectivity index (χ4n) is 3.23. The summed E-state index contributed by atoms with van der Waals surface area (Å²) < 4.78 is 3.59. The van der Waals surface area contributed by atoms with Gasteiger partial charge >= 0.3 is 6.03 Å². The lowest BCUT2D eigenvalue weighted by atomic mass is 10.2. The molecular formula is C16H19N7O. The number of rotatable bonds is 4. The van der Waals surface area contributed by atoms with Crippen molar-refractivity contribution in [1.82, 2.24) is 34.8 Å². The molecule has 0 radical (unpaired) electrons. The summed E-state index contributed by atoms with van der Waals surface area (Å²) in [5, 5.41) is 15.1. The Kier molecular flexibility index (Phi) is 3.86. The summed E-state index contributed by atoms with van der Waals surface area (Å²) in [7, 11) is 0. The number of carbonyl (C=O) groups is 1. The topological polar surface area (TPSA) is 80.4 Å². The van der Waals surface area contributed by atoms with E-state index in [1.807, 2.05) is 40.0 Å². The zero-order valence-electron chi connectivity index (χ0n) is 13.2. The minimum Gasteiger partial charge on any atom is -0.334 e. The van der Waals surface area contributed by atoms with Crippen LogP contribution in [-0.2, 0) is 13.1 Å². The third-order valence-corrected chi connectivity index (χ3v) is 4.44. The lowest BCUT2D eigenvalue weighted by Crippen LogP contribution is -2.44. The fourth-order valence-corrected chi connectivity index (χ4v) is 3.23. The Bertz CT molecular complexity index is 826. The monoisotopic (exact) mass is 325 g/mol. The minimum absolute atomic E-state index is 0.0344. The highest BCUT2D eigenvalue weighted by Crippen LogP contribution is 2.19. The molecule has 0 saturated carbocycles. The molecule has 3 aromatic heterocycles. The number of amides is 2. The van der Waals surface area contributed by atoms with Crippen molar-refractivity contribution in [2.24, 2.45) is 0 Å². The Balaban J connectivity index is 1.40.